The summed E-state index contributed by atoms with van der Waals surface area (Å²) in [5, 5.41) is 3.66. The van der Waals surface area contributed by atoms with Crippen molar-refractivity contribution in [2.24, 2.45) is 5.16 Å². The Morgan fingerprint density at radius 3 is 2.28 bits per heavy atom. The topological polar surface area (TPSA) is 38.7 Å². The van der Waals surface area contributed by atoms with E-state index in [1.54, 1.807) is 0 Å². The van der Waals surface area contributed by atoms with Crippen molar-refractivity contribution in [1.82, 2.24) is 0 Å². The third-order valence-corrected chi connectivity index (χ3v) is 2.35. The Kier molecular flexibility index (Phi) is 4.25. The van der Waals surface area contributed by atoms with Gasteiger partial charge in [-0.2, -0.15) is 0 Å². The summed E-state index contributed by atoms with van der Waals surface area (Å²) in [6.45, 7) is 0. The summed E-state index contributed by atoms with van der Waals surface area (Å²) in [4.78, 5) is 16.2. The first-order valence-corrected chi connectivity index (χ1v) is 5.67. The van der Waals surface area contributed by atoms with Crippen molar-refractivity contribution < 1.29 is 9.63 Å². The molecule has 0 bridgehead atoms. The van der Waals surface area contributed by atoms with Crippen LogP contribution in [-0.4, -0.2) is 12.2 Å². The van der Waals surface area contributed by atoms with E-state index in [2.05, 4.69) is 5.16 Å². The Bertz CT molecular complexity index is 521. The number of rotatable bonds is 4. The van der Waals surface area contributed by atoms with E-state index < -0.39 is 0 Å². The monoisotopic (exact) mass is 239 g/mol. The third-order valence-electron chi connectivity index (χ3n) is 2.35. The minimum Gasteiger partial charge on any atom is -0.318 e. The van der Waals surface area contributed by atoms with Gasteiger partial charge >= 0.3 is 5.97 Å². The summed E-state index contributed by atoms with van der Waals surface area (Å²) in [5.41, 5.74) is 1.81. The van der Waals surface area contributed by atoms with E-state index in [0.717, 1.165) is 11.1 Å². The second kappa shape index (κ2) is 6.35. The molecule has 0 N–H and O–H groups in total. The van der Waals surface area contributed by atoms with Gasteiger partial charge in [0.25, 0.3) is 0 Å². The van der Waals surface area contributed by atoms with Gasteiger partial charge < -0.3 is 4.84 Å². The molecule has 0 heterocycles. The minimum absolute atomic E-state index is 0.229. The maximum atomic E-state index is 11.5. The minimum atomic E-state index is -0.367. The van der Waals surface area contributed by atoms with Gasteiger partial charge in [-0.25, -0.2) is 4.79 Å². The molecule has 2 aromatic carbocycles. The second-order valence-corrected chi connectivity index (χ2v) is 3.77. The van der Waals surface area contributed by atoms with Gasteiger partial charge in [-0.1, -0.05) is 65.8 Å². The predicted molar refractivity (Wildman–Crippen MR) is 70.3 cm³/mol. The highest BCUT2D eigenvalue weighted by molar-refractivity contribution is 5.80. The van der Waals surface area contributed by atoms with Gasteiger partial charge in [-0.3, -0.25) is 0 Å². The lowest BCUT2D eigenvalue weighted by Gasteiger charge is -1.98. The maximum Gasteiger partial charge on any atom is 0.339 e. The fraction of sp³-hybridized carbons (Fsp3) is 0.0667. The van der Waals surface area contributed by atoms with Gasteiger partial charge in [0, 0.05) is 0 Å². The van der Waals surface area contributed by atoms with Crippen LogP contribution in [0.1, 0.15) is 11.1 Å². The van der Waals surface area contributed by atoms with Crippen molar-refractivity contribution in [3.05, 3.63) is 71.8 Å². The van der Waals surface area contributed by atoms with Gasteiger partial charge in [0.15, 0.2) is 0 Å². The fourth-order valence-electron chi connectivity index (χ4n) is 1.48. The lowest BCUT2D eigenvalue weighted by molar-refractivity contribution is -0.142. The molecule has 2 rings (SSSR count). The molecule has 0 radical (unpaired) electrons. The molecule has 0 unspecified atom stereocenters. The van der Waals surface area contributed by atoms with E-state index >= 15 is 0 Å². The average molecular weight is 239 g/mol. The largest absolute Gasteiger partial charge is 0.339 e. The highest BCUT2D eigenvalue weighted by atomic mass is 16.7. The molecule has 0 aliphatic carbocycles. The van der Waals surface area contributed by atoms with E-state index in [9.17, 15) is 4.79 Å². The molecule has 0 aromatic heterocycles. The lowest BCUT2D eigenvalue weighted by atomic mass is 10.2. The quantitative estimate of drug-likeness (QED) is 0.467. The molecule has 0 saturated carbocycles. The molecule has 0 saturated heterocycles. The fourth-order valence-corrected chi connectivity index (χ4v) is 1.48. The Labute approximate surface area is 106 Å². The third kappa shape index (κ3) is 3.87. The van der Waals surface area contributed by atoms with Gasteiger partial charge in [0.2, 0.25) is 0 Å². The van der Waals surface area contributed by atoms with Gasteiger partial charge in [0.05, 0.1) is 12.6 Å². The molecule has 18 heavy (non-hydrogen) atoms. The first kappa shape index (κ1) is 12.0. The van der Waals surface area contributed by atoms with E-state index in [0.29, 0.717) is 0 Å². The predicted octanol–water partition coefficient (Wildman–Crippen LogP) is 2.81. The van der Waals surface area contributed by atoms with E-state index in [-0.39, 0.29) is 12.4 Å². The van der Waals surface area contributed by atoms with Crippen molar-refractivity contribution in [2.75, 3.05) is 0 Å². The highest BCUT2D eigenvalue weighted by Gasteiger charge is 2.03. The van der Waals surface area contributed by atoms with Crippen molar-refractivity contribution in [3.63, 3.8) is 0 Å². The average Bonchev–Trinajstić information content (AvgIpc) is 2.41. The molecule has 0 aliphatic heterocycles. The SMILES string of the molecule is O=C(Cc1ccccc1)O/N=C/c1ccccc1. The van der Waals surface area contributed by atoms with Crippen molar-refractivity contribution in [2.45, 2.75) is 6.42 Å². The zero-order chi connectivity index (χ0) is 12.6. The molecule has 0 fully saturated rings. The Hall–Kier alpha value is -2.42. The number of carbonyl (C=O) groups is 1. The van der Waals surface area contributed by atoms with Crippen molar-refractivity contribution >= 4 is 12.2 Å². The molecular weight excluding hydrogens is 226 g/mol. The van der Waals surface area contributed by atoms with Crippen molar-refractivity contribution in [3.8, 4) is 0 Å². The zero-order valence-electron chi connectivity index (χ0n) is 9.82. The molecule has 90 valence electrons. The zero-order valence-corrected chi connectivity index (χ0v) is 9.82. The van der Waals surface area contributed by atoms with E-state index in [1.165, 1.54) is 6.21 Å². The van der Waals surface area contributed by atoms with Crippen LogP contribution < -0.4 is 0 Å². The molecule has 3 heteroatoms. The summed E-state index contributed by atoms with van der Waals surface area (Å²) in [5.74, 6) is -0.367. The van der Waals surface area contributed by atoms with Gasteiger partial charge in [0.1, 0.15) is 0 Å². The van der Waals surface area contributed by atoms with Crippen LogP contribution in [0.25, 0.3) is 0 Å². The Morgan fingerprint density at radius 2 is 1.61 bits per heavy atom. The molecule has 0 atom stereocenters. The van der Waals surface area contributed by atoms with Gasteiger partial charge in [-0.15, -0.1) is 0 Å². The molecule has 0 aliphatic rings. The number of hydrogen-bond donors (Lipinski definition) is 0. The van der Waals surface area contributed by atoms with Crippen LogP contribution >= 0.6 is 0 Å². The molecule has 3 nitrogen and oxygen atoms in total. The molecule has 2 aromatic rings. The summed E-state index contributed by atoms with van der Waals surface area (Å²) in [6.07, 6.45) is 1.75. The first-order chi connectivity index (χ1) is 8.84. The summed E-state index contributed by atoms with van der Waals surface area (Å²) >= 11 is 0. The standard InChI is InChI=1S/C15H13NO2/c17-15(11-13-7-3-1-4-8-13)18-16-12-14-9-5-2-6-10-14/h1-10,12H,11H2/b16-12+. The van der Waals surface area contributed by atoms with E-state index in [4.69, 9.17) is 4.84 Å². The first-order valence-electron chi connectivity index (χ1n) is 5.67. The van der Waals surface area contributed by atoms with Crippen LogP contribution in [-0.2, 0) is 16.1 Å². The smallest absolute Gasteiger partial charge is 0.318 e. The van der Waals surface area contributed by atoms with Crippen LogP contribution in [0.15, 0.2) is 65.8 Å². The lowest BCUT2D eigenvalue weighted by Crippen LogP contribution is -2.04. The number of hydrogen-bond acceptors (Lipinski definition) is 3. The number of oxime groups is 1. The van der Waals surface area contributed by atoms with Crippen molar-refractivity contribution in [1.29, 1.82) is 0 Å². The van der Waals surface area contributed by atoms with Crippen LogP contribution in [0.3, 0.4) is 0 Å². The summed E-state index contributed by atoms with van der Waals surface area (Å²) in [6, 6.07) is 18.9. The van der Waals surface area contributed by atoms with E-state index in [1.807, 2.05) is 60.7 Å². The molecule has 0 spiro atoms. The maximum absolute atomic E-state index is 11.5. The molecular formula is C15H13NO2. The Balaban J connectivity index is 1.84. The summed E-state index contributed by atoms with van der Waals surface area (Å²) in [7, 11) is 0. The summed E-state index contributed by atoms with van der Waals surface area (Å²) < 4.78 is 0. The van der Waals surface area contributed by atoms with Crippen LogP contribution in [0, 0.1) is 0 Å². The van der Waals surface area contributed by atoms with Crippen LogP contribution in [0.5, 0.6) is 0 Å². The normalized spacial score (nSPS) is 10.4. The highest BCUT2D eigenvalue weighted by Crippen LogP contribution is 2.01. The second-order valence-electron chi connectivity index (χ2n) is 3.77. The number of benzene rings is 2. The van der Waals surface area contributed by atoms with Gasteiger partial charge in [-0.05, 0) is 11.1 Å². The van der Waals surface area contributed by atoms with Crippen LogP contribution in [0.4, 0.5) is 0 Å². The molecule has 0 amide bonds. The number of nitrogens with zero attached hydrogens (tertiary/aromatic N) is 1. The Morgan fingerprint density at radius 1 is 1.00 bits per heavy atom. The number of carbonyl (C=O) groups excluding carboxylic acids is 1. The van der Waals surface area contributed by atoms with Crippen LogP contribution in [0.2, 0.25) is 0 Å².